The number of amides is 2. The Morgan fingerprint density at radius 2 is 1.78 bits per heavy atom. The van der Waals surface area contributed by atoms with Crippen LogP contribution in [0.15, 0.2) is 42.5 Å². The molecule has 0 aliphatic carbocycles. The van der Waals surface area contributed by atoms with E-state index in [4.69, 9.17) is 4.74 Å². The Kier molecular flexibility index (Phi) is 5.90. The Morgan fingerprint density at radius 1 is 1.07 bits per heavy atom. The smallest absolute Gasteiger partial charge is 0.338 e. The highest BCUT2D eigenvalue weighted by Crippen LogP contribution is 2.16. The highest BCUT2D eigenvalue weighted by Gasteiger charge is 2.22. The summed E-state index contributed by atoms with van der Waals surface area (Å²) in [4.78, 5) is 32.6. The molecular weight excluding hydrogens is 344 g/mol. The van der Waals surface area contributed by atoms with Crippen molar-refractivity contribution in [1.29, 1.82) is 0 Å². The second-order valence-electron chi connectivity index (χ2n) is 6.34. The lowest BCUT2D eigenvalue weighted by Crippen LogP contribution is -2.50. The molecule has 1 aromatic carbocycles. The van der Waals surface area contributed by atoms with Gasteiger partial charge in [-0.25, -0.2) is 14.6 Å². The van der Waals surface area contributed by atoms with Gasteiger partial charge in [0, 0.05) is 37.6 Å². The van der Waals surface area contributed by atoms with Gasteiger partial charge in [0.1, 0.15) is 5.82 Å². The maximum atomic E-state index is 12.5. The summed E-state index contributed by atoms with van der Waals surface area (Å²) in [5.41, 5.74) is 2.10. The van der Waals surface area contributed by atoms with E-state index in [9.17, 15) is 9.59 Å². The van der Waals surface area contributed by atoms with Crippen LogP contribution in [0.2, 0.25) is 0 Å². The van der Waals surface area contributed by atoms with Crippen LogP contribution in [0.4, 0.5) is 16.3 Å². The molecule has 0 radical (unpaired) electrons. The van der Waals surface area contributed by atoms with Crippen LogP contribution in [0, 0.1) is 6.92 Å². The van der Waals surface area contributed by atoms with Crippen LogP contribution < -0.4 is 10.2 Å². The number of piperazine rings is 1. The molecule has 1 fully saturated rings. The first-order chi connectivity index (χ1) is 13.1. The van der Waals surface area contributed by atoms with Crippen molar-refractivity contribution >= 4 is 23.5 Å². The van der Waals surface area contributed by atoms with Crippen molar-refractivity contribution < 1.29 is 14.3 Å². The number of carbonyl (C=O) groups is 2. The number of anilines is 2. The fourth-order valence-corrected chi connectivity index (χ4v) is 2.95. The fourth-order valence-electron chi connectivity index (χ4n) is 2.95. The molecule has 0 spiro atoms. The van der Waals surface area contributed by atoms with Crippen LogP contribution in [0.5, 0.6) is 0 Å². The van der Waals surface area contributed by atoms with E-state index in [1.807, 2.05) is 25.1 Å². The summed E-state index contributed by atoms with van der Waals surface area (Å²) >= 11 is 0. The Balaban J connectivity index is 1.53. The minimum Gasteiger partial charge on any atom is -0.462 e. The molecule has 27 heavy (non-hydrogen) atoms. The van der Waals surface area contributed by atoms with Crippen molar-refractivity contribution in [2.24, 2.45) is 0 Å². The molecule has 7 heteroatoms. The minimum absolute atomic E-state index is 0.143. The quantitative estimate of drug-likeness (QED) is 0.840. The Morgan fingerprint density at radius 3 is 2.41 bits per heavy atom. The van der Waals surface area contributed by atoms with Crippen molar-refractivity contribution in [1.82, 2.24) is 9.88 Å². The average molecular weight is 368 g/mol. The van der Waals surface area contributed by atoms with E-state index in [2.05, 4.69) is 15.2 Å². The van der Waals surface area contributed by atoms with E-state index >= 15 is 0 Å². The number of carbonyl (C=O) groups excluding carboxylic acids is 2. The third kappa shape index (κ3) is 4.75. The molecule has 1 saturated heterocycles. The van der Waals surface area contributed by atoms with Gasteiger partial charge in [-0.2, -0.15) is 0 Å². The first kappa shape index (κ1) is 18.7. The number of urea groups is 1. The molecule has 2 amide bonds. The van der Waals surface area contributed by atoms with Crippen LogP contribution in [0.25, 0.3) is 0 Å². The highest BCUT2D eigenvalue weighted by atomic mass is 16.5. The largest absolute Gasteiger partial charge is 0.462 e. The van der Waals surface area contributed by atoms with Crippen LogP contribution in [0.1, 0.15) is 23.0 Å². The average Bonchev–Trinajstić information content (AvgIpc) is 2.69. The number of nitrogens with one attached hydrogen (secondary N) is 1. The molecule has 0 unspecified atom stereocenters. The Bertz CT molecular complexity index is 799. The summed E-state index contributed by atoms with van der Waals surface area (Å²) in [5.74, 6) is 0.584. The van der Waals surface area contributed by atoms with E-state index in [-0.39, 0.29) is 12.0 Å². The molecule has 1 aromatic heterocycles. The summed E-state index contributed by atoms with van der Waals surface area (Å²) in [6.45, 7) is 6.81. The standard InChI is InChI=1S/C20H24N4O3/c1-3-27-19(25)16-7-9-17(10-8-16)22-20(26)24-13-11-23(12-14-24)18-6-4-5-15(2)21-18/h4-10H,3,11-14H2,1-2H3,(H,22,26). The lowest BCUT2D eigenvalue weighted by atomic mass is 10.2. The van der Waals surface area contributed by atoms with Crippen LogP contribution >= 0.6 is 0 Å². The number of rotatable bonds is 4. The van der Waals surface area contributed by atoms with Crippen molar-refractivity contribution in [3.63, 3.8) is 0 Å². The molecule has 1 N–H and O–H groups in total. The number of hydrogen-bond donors (Lipinski definition) is 1. The van der Waals surface area contributed by atoms with E-state index in [1.165, 1.54) is 0 Å². The third-order valence-corrected chi connectivity index (χ3v) is 4.41. The summed E-state index contributed by atoms with van der Waals surface area (Å²) in [6, 6.07) is 12.5. The van der Waals surface area contributed by atoms with Crippen molar-refractivity contribution in [3.8, 4) is 0 Å². The zero-order chi connectivity index (χ0) is 19.2. The monoisotopic (exact) mass is 368 g/mol. The summed E-state index contributed by atoms with van der Waals surface area (Å²) in [6.07, 6.45) is 0. The van der Waals surface area contributed by atoms with Gasteiger partial charge in [-0.15, -0.1) is 0 Å². The van der Waals surface area contributed by atoms with Gasteiger partial charge in [0.05, 0.1) is 12.2 Å². The molecule has 3 rings (SSSR count). The van der Waals surface area contributed by atoms with Crippen LogP contribution in [-0.2, 0) is 4.74 Å². The predicted octanol–water partition coefficient (Wildman–Crippen LogP) is 2.92. The van der Waals surface area contributed by atoms with Gasteiger partial charge < -0.3 is 19.9 Å². The minimum atomic E-state index is -0.365. The molecule has 2 heterocycles. The second kappa shape index (κ2) is 8.53. The normalized spacial score (nSPS) is 14.0. The van der Waals surface area contributed by atoms with Gasteiger partial charge in [0.15, 0.2) is 0 Å². The molecule has 2 aromatic rings. The summed E-state index contributed by atoms with van der Waals surface area (Å²) in [5, 5.41) is 2.87. The number of benzene rings is 1. The molecular formula is C20H24N4O3. The maximum absolute atomic E-state index is 12.5. The van der Waals surface area contributed by atoms with Crippen molar-refractivity contribution in [2.45, 2.75) is 13.8 Å². The molecule has 1 aliphatic rings. The first-order valence-electron chi connectivity index (χ1n) is 9.08. The van der Waals surface area contributed by atoms with Gasteiger partial charge in [0.2, 0.25) is 0 Å². The molecule has 7 nitrogen and oxygen atoms in total. The Hall–Kier alpha value is -3.09. The zero-order valence-corrected chi connectivity index (χ0v) is 15.6. The van der Waals surface area contributed by atoms with E-state index in [1.54, 1.807) is 36.1 Å². The molecule has 1 aliphatic heterocycles. The molecule has 0 saturated carbocycles. The van der Waals surface area contributed by atoms with Gasteiger partial charge in [-0.1, -0.05) is 6.07 Å². The molecule has 0 bridgehead atoms. The topological polar surface area (TPSA) is 74.8 Å². The lowest BCUT2D eigenvalue weighted by Gasteiger charge is -2.35. The number of ether oxygens (including phenoxy) is 1. The third-order valence-electron chi connectivity index (χ3n) is 4.41. The van der Waals surface area contributed by atoms with Gasteiger partial charge >= 0.3 is 12.0 Å². The Labute approximate surface area is 158 Å². The lowest BCUT2D eigenvalue weighted by molar-refractivity contribution is 0.0526. The highest BCUT2D eigenvalue weighted by molar-refractivity contribution is 5.92. The van der Waals surface area contributed by atoms with Gasteiger partial charge in [0.25, 0.3) is 0 Å². The van der Waals surface area contributed by atoms with Gasteiger partial charge in [-0.05, 0) is 50.2 Å². The number of esters is 1. The molecule has 142 valence electrons. The van der Waals surface area contributed by atoms with Crippen LogP contribution in [0.3, 0.4) is 0 Å². The van der Waals surface area contributed by atoms with Crippen LogP contribution in [-0.4, -0.2) is 54.7 Å². The number of aromatic nitrogens is 1. The maximum Gasteiger partial charge on any atom is 0.338 e. The number of pyridine rings is 1. The van der Waals surface area contributed by atoms with E-state index in [0.29, 0.717) is 30.9 Å². The fraction of sp³-hybridized carbons (Fsp3) is 0.350. The second-order valence-corrected chi connectivity index (χ2v) is 6.34. The summed E-state index contributed by atoms with van der Waals surface area (Å²) < 4.78 is 4.95. The number of hydrogen-bond acceptors (Lipinski definition) is 5. The zero-order valence-electron chi connectivity index (χ0n) is 15.6. The first-order valence-corrected chi connectivity index (χ1v) is 9.08. The number of nitrogens with zero attached hydrogens (tertiary/aromatic N) is 3. The molecule has 0 atom stereocenters. The van der Waals surface area contributed by atoms with E-state index in [0.717, 1.165) is 24.6 Å². The predicted molar refractivity (Wildman–Crippen MR) is 104 cm³/mol. The summed E-state index contributed by atoms with van der Waals surface area (Å²) in [7, 11) is 0. The SMILES string of the molecule is CCOC(=O)c1ccc(NC(=O)N2CCN(c3cccc(C)n3)CC2)cc1. The van der Waals surface area contributed by atoms with Gasteiger partial charge in [-0.3, -0.25) is 0 Å². The van der Waals surface area contributed by atoms with E-state index < -0.39 is 0 Å². The van der Waals surface area contributed by atoms with Crippen molar-refractivity contribution in [3.05, 3.63) is 53.7 Å². The number of aryl methyl sites for hydroxylation is 1. The van der Waals surface area contributed by atoms with Crippen molar-refractivity contribution in [2.75, 3.05) is 43.0 Å².